The topological polar surface area (TPSA) is 228 Å². The molecule has 0 spiro atoms. The molecule has 10 rings (SSSR count). The second kappa shape index (κ2) is 15.6. The van der Waals surface area contributed by atoms with Gasteiger partial charge in [-0.25, -0.2) is 36.8 Å². The van der Waals surface area contributed by atoms with Gasteiger partial charge in [0.1, 0.15) is 11.6 Å². The predicted molar refractivity (Wildman–Crippen MR) is 236 cm³/mol. The molecule has 6 heterocycles. The van der Waals surface area contributed by atoms with Crippen LogP contribution in [0.4, 0.5) is 21.9 Å². The second-order valence-corrected chi connectivity index (χ2v) is 20.2. The van der Waals surface area contributed by atoms with Gasteiger partial charge in [0, 0.05) is 36.6 Å². The first-order valence-electron chi connectivity index (χ1n) is 19.2. The largest absolute Gasteiger partial charge is 0.302 e. The van der Waals surface area contributed by atoms with Crippen LogP contribution in [0.25, 0.3) is 31.8 Å². The zero-order valence-electron chi connectivity index (χ0n) is 32.0. The first-order chi connectivity index (χ1) is 30.0. The standard InChI is InChI=1S/C42H32N10O6S4/c53-39(49-41-47-32-15-17-43-21-35(32)59-41)29-18-27(29)24-9-13-26(14-10-24)62(57,58)52-38-6-3-4-31(46-38)33-20-34-36(22-45-33)60-42(48-34)50-40(54)30-19-28(30)23-7-11-25(12-8-23)61(55,56)51-37-5-1-2-16-44-37/h1-17,20-22,27-30H,18-19H2,(H,44,51)(H,46,52)(H,47,49,53)(H,48,50,54). The molecular weight excluding hydrogens is 869 g/mol. The van der Waals surface area contributed by atoms with Gasteiger partial charge in [0.15, 0.2) is 10.3 Å². The zero-order chi connectivity index (χ0) is 42.6. The Morgan fingerprint density at radius 2 is 1.15 bits per heavy atom. The fourth-order valence-electron chi connectivity index (χ4n) is 7.20. The Labute approximate surface area is 362 Å². The van der Waals surface area contributed by atoms with E-state index in [0.29, 0.717) is 40.0 Å². The van der Waals surface area contributed by atoms with Crippen molar-refractivity contribution >= 4 is 96.9 Å². The molecule has 16 nitrogen and oxygen atoms in total. The van der Waals surface area contributed by atoms with Crippen LogP contribution in [0.5, 0.6) is 0 Å². The van der Waals surface area contributed by atoms with E-state index in [1.807, 2.05) is 0 Å². The predicted octanol–water partition coefficient (Wildman–Crippen LogP) is 7.24. The van der Waals surface area contributed by atoms with Gasteiger partial charge in [0.05, 0.1) is 41.6 Å². The van der Waals surface area contributed by atoms with Crippen LogP contribution in [-0.2, 0) is 29.6 Å². The summed E-state index contributed by atoms with van der Waals surface area (Å²) in [6.07, 6.45) is 7.76. The molecule has 2 saturated carbocycles. The molecule has 2 fully saturated rings. The van der Waals surface area contributed by atoms with Crippen LogP contribution in [0.3, 0.4) is 0 Å². The number of hydrogen-bond donors (Lipinski definition) is 4. The highest BCUT2D eigenvalue weighted by molar-refractivity contribution is 7.93. The lowest BCUT2D eigenvalue weighted by molar-refractivity contribution is -0.118. The lowest BCUT2D eigenvalue weighted by atomic mass is 10.1. The number of hydrogen-bond acceptors (Lipinski definition) is 14. The zero-order valence-corrected chi connectivity index (χ0v) is 35.3. The quantitative estimate of drug-likeness (QED) is 0.0898. The van der Waals surface area contributed by atoms with Crippen LogP contribution in [0.15, 0.2) is 132 Å². The van der Waals surface area contributed by atoms with E-state index in [0.717, 1.165) is 26.0 Å². The van der Waals surface area contributed by atoms with E-state index in [-0.39, 0.29) is 56.9 Å². The van der Waals surface area contributed by atoms with Crippen LogP contribution >= 0.6 is 22.7 Å². The summed E-state index contributed by atoms with van der Waals surface area (Å²) < 4.78 is 59.0. The van der Waals surface area contributed by atoms with Crippen molar-refractivity contribution in [1.82, 2.24) is 29.9 Å². The highest BCUT2D eigenvalue weighted by atomic mass is 32.2. The first-order valence-corrected chi connectivity index (χ1v) is 23.8. The van der Waals surface area contributed by atoms with Crippen LogP contribution in [0, 0.1) is 11.8 Å². The summed E-state index contributed by atoms with van der Waals surface area (Å²) in [5.41, 5.74) is 3.95. The molecule has 20 heteroatoms. The van der Waals surface area contributed by atoms with Gasteiger partial charge in [-0.15, -0.1) is 0 Å². The number of sulfonamides is 2. The molecule has 2 aliphatic carbocycles. The maximum absolute atomic E-state index is 13.4. The Kier molecular flexibility index (Phi) is 9.93. The van der Waals surface area contributed by atoms with Gasteiger partial charge in [-0.1, -0.05) is 59.1 Å². The van der Waals surface area contributed by atoms with Gasteiger partial charge in [0.2, 0.25) is 11.8 Å². The minimum absolute atomic E-state index is 0.0256. The first kappa shape index (κ1) is 39.4. The number of fused-ring (bicyclic) bond motifs is 2. The van der Waals surface area contributed by atoms with Crippen molar-refractivity contribution in [2.45, 2.75) is 34.5 Å². The number of aromatic nitrogens is 6. The Hall–Kier alpha value is -6.74. The average Bonchev–Trinajstić information content (AvgIpc) is 4.18. The van der Waals surface area contributed by atoms with Gasteiger partial charge < -0.3 is 10.6 Å². The minimum Gasteiger partial charge on any atom is -0.302 e. The Morgan fingerprint density at radius 1 is 0.565 bits per heavy atom. The number of nitrogens with zero attached hydrogens (tertiary/aromatic N) is 6. The van der Waals surface area contributed by atoms with E-state index >= 15 is 0 Å². The van der Waals surface area contributed by atoms with E-state index in [2.05, 4.69) is 50.0 Å². The number of carbonyl (C=O) groups is 2. The molecule has 6 aromatic heterocycles. The second-order valence-electron chi connectivity index (χ2n) is 14.8. The van der Waals surface area contributed by atoms with Crippen LogP contribution in [0.1, 0.15) is 35.8 Å². The summed E-state index contributed by atoms with van der Waals surface area (Å²) in [5, 5.41) is 6.73. The summed E-state index contributed by atoms with van der Waals surface area (Å²) in [6.45, 7) is 0. The van der Waals surface area contributed by atoms with Gasteiger partial charge in [-0.05, 0) is 96.5 Å². The average molecular weight is 901 g/mol. The maximum atomic E-state index is 13.4. The minimum atomic E-state index is -4.01. The number of benzene rings is 2. The highest BCUT2D eigenvalue weighted by Crippen LogP contribution is 2.49. The maximum Gasteiger partial charge on any atom is 0.263 e. The Morgan fingerprint density at radius 3 is 1.74 bits per heavy atom. The summed E-state index contributed by atoms with van der Waals surface area (Å²) in [7, 11) is -7.83. The van der Waals surface area contributed by atoms with E-state index in [1.165, 1.54) is 53.1 Å². The molecule has 2 aromatic carbocycles. The fourth-order valence-corrected chi connectivity index (χ4v) is 10.9. The highest BCUT2D eigenvalue weighted by Gasteiger charge is 2.45. The van der Waals surface area contributed by atoms with Crippen molar-refractivity contribution in [3.63, 3.8) is 0 Å². The van der Waals surface area contributed by atoms with Crippen molar-refractivity contribution in [2.75, 3.05) is 20.1 Å². The van der Waals surface area contributed by atoms with Crippen molar-refractivity contribution in [2.24, 2.45) is 11.8 Å². The molecule has 310 valence electrons. The van der Waals surface area contributed by atoms with E-state index in [4.69, 9.17) is 0 Å². The summed E-state index contributed by atoms with van der Waals surface area (Å²) >= 11 is 2.64. The molecule has 8 aromatic rings. The summed E-state index contributed by atoms with van der Waals surface area (Å²) in [5.74, 6) is -0.609. The third-order valence-corrected chi connectivity index (χ3v) is 15.2. The number of nitrogens with one attached hydrogen (secondary N) is 4. The van der Waals surface area contributed by atoms with Crippen molar-refractivity contribution in [1.29, 1.82) is 0 Å². The van der Waals surface area contributed by atoms with Gasteiger partial charge in [-0.3, -0.25) is 29.0 Å². The number of anilines is 4. The Bertz CT molecular complexity index is 3220. The molecule has 0 saturated heterocycles. The molecule has 4 atom stereocenters. The molecule has 0 bridgehead atoms. The van der Waals surface area contributed by atoms with Gasteiger partial charge in [0.25, 0.3) is 20.0 Å². The summed E-state index contributed by atoms with van der Waals surface area (Å²) in [4.78, 5) is 52.5. The lowest BCUT2D eigenvalue weighted by Crippen LogP contribution is -2.15. The van der Waals surface area contributed by atoms with Crippen molar-refractivity contribution in [3.8, 4) is 11.4 Å². The normalized spacial score (nSPS) is 18.3. The number of carbonyl (C=O) groups excluding carboxylic acids is 2. The third-order valence-electron chi connectivity index (χ3n) is 10.6. The smallest absolute Gasteiger partial charge is 0.263 e. The molecule has 4 N–H and O–H groups in total. The number of pyridine rings is 4. The van der Waals surface area contributed by atoms with Crippen molar-refractivity contribution < 1.29 is 26.4 Å². The molecular formula is C42H32N10O6S4. The monoisotopic (exact) mass is 900 g/mol. The molecule has 0 aliphatic heterocycles. The third kappa shape index (κ3) is 8.19. The lowest BCUT2D eigenvalue weighted by Gasteiger charge is -2.09. The number of thiazole rings is 2. The van der Waals surface area contributed by atoms with Gasteiger partial charge >= 0.3 is 0 Å². The van der Waals surface area contributed by atoms with Crippen LogP contribution in [-0.4, -0.2) is 58.6 Å². The number of amides is 2. The molecule has 4 unspecified atom stereocenters. The SMILES string of the molecule is O=C(Nc1nc2ccncc2s1)C1CC1c1ccc(S(=O)(=O)Nc2cccc(-c3cc4nc(NC(=O)C5CC5c5ccc(S(=O)(=O)Nc6ccccn6)cc5)sc4cn3)n2)cc1. The van der Waals surface area contributed by atoms with E-state index < -0.39 is 20.0 Å². The Balaban J connectivity index is 0.747. The van der Waals surface area contributed by atoms with Crippen LogP contribution in [0.2, 0.25) is 0 Å². The van der Waals surface area contributed by atoms with E-state index in [9.17, 15) is 26.4 Å². The molecule has 2 amide bonds. The van der Waals surface area contributed by atoms with E-state index in [1.54, 1.807) is 91.4 Å². The summed E-state index contributed by atoms with van der Waals surface area (Å²) in [6, 6.07) is 26.3. The molecule has 62 heavy (non-hydrogen) atoms. The number of rotatable bonds is 13. The van der Waals surface area contributed by atoms with Gasteiger partial charge in [-0.2, -0.15) is 0 Å². The van der Waals surface area contributed by atoms with Crippen molar-refractivity contribution in [3.05, 3.63) is 133 Å². The fraction of sp³-hybridized carbons (Fsp3) is 0.143. The molecule has 2 aliphatic rings. The molecule has 0 radical (unpaired) electrons. The van der Waals surface area contributed by atoms with Crippen LogP contribution < -0.4 is 20.1 Å².